The second kappa shape index (κ2) is 10.2. The van der Waals surface area contributed by atoms with Gasteiger partial charge in [0.1, 0.15) is 22.8 Å². The van der Waals surface area contributed by atoms with E-state index < -0.39 is 6.04 Å². The molecule has 9 nitrogen and oxygen atoms in total. The number of morpholine rings is 1. The lowest BCUT2D eigenvalue weighted by Gasteiger charge is -2.29. The molecule has 0 radical (unpaired) electrons. The number of carbonyl (C=O) groups is 1. The van der Waals surface area contributed by atoms with Crippen LogP contribution in [0.2, 0.25) is 0 Å². The van der Waals surface area contributed by atoms with Gasteiger partial charge in [-0.05, 0) is 36.8 Å². The number of hydrogen-bond donors (Lipinski definition) is 0. The maximum absolute atomic E-state index is 13.8. The summed E-state index contributed by atoms with van der Waals surface area (Å²) in [5.41, 5.74) is 1.07. The molecular weight excluding hydrogens is 464 g/mol. The highest BCUT2D eigenvalue weighted by Crippen LogP contribution is 2.43. The van der Waals surface area contributed by atoms with Crippen molar-refractivity contribution >= 4 is 16.9 Å². The minimum Gasteiger partial charge on any atom is -0.497 e. The molecule has 0 N–H and O–H groups in total. The molecule has 36 heavy (non-hydrogen) atoms. The first-order valence-corrected chi connectivity index (χ1v) is 12.0. The number of fused-ring (bicyclic) bond motifs is 2. The minimum atomic E-state index is -0.662. The maximum atomic E-state index is 13.8. The van der Waals surface area contributed by atoms with E-state index in [1.54, 1.807) is 56.6 Å². The van der Waals surface area contributed by atoms with Gasteiger partial charge in [-0.15, -0.1) is 0 Å². The first-order valence-electron chi connectivity index (χ1n) is 12.0. The van der Waals surface area contributed by atoms with Crippen LogP contribution >= 0.6 is 0 Å². The largest absolute Gasteiger partial charge is 0.497 e. The van der Waals surface area contributed by atoms with E-state index in [2.05, 4.69) is 4.90 Å². The SMILES string of the molecule is COc1ccc(OC)c([C@H]2c3c(oc4cc(OC)ccc4c3=O)C(=O)N2CCCN2CCOCC2)c1. The molecule has 1 amide bonds. The third-order valence-corrected chi connectivity index (χ3v) is 6.88. The zero-order valence-electron chi connectivity index (χ0n) is 20.7. The van der Waals surface area contributed by atoms with Gasteiger partial charge in [0.15, 0.2) is 5.43 Å². The van der Waals surface area contributed by atoms with Crippen molar-refractivity contribution in [3.63, 3.8) is 0 Å². The second-order valence-corrected chi connectivity index (χ2v) is 8.85. The van der Waals surface area contributed by atoms with E-state index in [0.29, 0.717) is 59.1 Å². The molecule has 0 spiro atoms. The van der Waals surface area contributed by atoms with Crippen molar-refractivity contribution in [1.29, 1.82) is 0 Å². The number of hydrogen-bond acceptors (Lipinski definition) is 8. The van der Waals surface area contributed by atoms with Crippen molar-refractivity contribution in [3.05, 3.63) is 63.5 Å². The number of methoxy groups -OCH3 is 3. The van der Waals surface area contributed by atoms with Crippen LogP contribution in [0.15, 0.2) is 45.6 Å². The van der Waals surface area contributed by atoms with Gasteiger partial charge in [-0.1, -0.05) is 0 Å². The first-order chi connectivity index (χ1) is 17.5. The quantitative estimate of drug-likeness (QED) is 0.472. The van der Waals surface area contributed by atoms with E-state index in [1.807, 2.05) is 6.07 Å². The van der Waals surface area contributed by atoms with Crippen molar-refractivity contribution < 1.29 is 28.2 Å². The topological polar surface area (TPSA) is 90.7 Å². The molecule has 1 atom stereocenters. The Balaban J connectivity index is 1.60. The fourth-order valence-corrected chi connectivity index (χ4v) is 5.02. The normalized spacial score (nSPS) is 17.9. The molecule has 2 aromatic carbocycles. The molecule has 1 saturated heterocycles. The fraction of sp³-hybridized carbons (Fsp3) is 0.407. The van der Waals surface area contributed by atoms with E-state index in [4.69, 9.17) is 23.4 Å². The Labute approximate surface area is 209 Å². The molecule has 3 aromatic rings. The van der Waals surface area contributed by atoms with Crippen molar-refractivity contribution in [2.45, 2.75) is 12.5 Å². The number of nitrogens with zero attached hydrogens (tertiary/aromatic N) is 2. The van der Waals surface area contributed by atoms with E-state index in [0.717, 1.165) is 26.1 Å². The summed E-state index contributed by atoms with van der Waals surface area (Å²) < 4.78 is 27.9. The fourth-order valence-electron chi connectivity index (χ4n) is 5.02. The number of carbonyl (C=O) groups excluding carboxylic acids is 1. The summed E-state index contributed by atoms with van der Waals surface area (Å²) in [6.45, 7) is 4.44. The van der Waals surface area contributed by atoms with Gasteiger partial charge in [0.2, 0.25) is 5.76 Å². The van der Waals surface area contributed by atoms with E-state index >= 15 is 0 Å². The molecule has 1 fully saturated rings. The second-order valence-electron chi connectivity index (χ2n) is 8.85. The smallest absolute Gasteiger partial charge is 0.290 e. The lowest BCUT2D eigenvalue weighted by atomic mass is 9.97. The lowest BCUT2D eigenvalue weighted by molar-refractivity contribution is 0.0353. The summed E-state index contributed by atoms with van der Waals surface area (Å²) in [5, 5.41) is 0.393. The molecule has 1 aromatic heterocycles. The zero-order valence-corrected chi connectivity index (χ0v) is 20.7. The monoisotopic (exact) mass is 494 g/mol. The van der Waals surface area contributed by atoms with Crippen LogP contribution in [-0.4, -0.2) is 76.4 Å². The van der Waals surface area contributed by atoms with Crippen LogP contribution in [0.25, 0.3) is 11.0 Å². The van der Waals surface area contributed by atoms with Gasteiger partial charge in [0.05, 0.1) is 51.5 Å². The van der Waals surface area contributed by atoms with Gasteiger partial charge >= 0.3 is 0 Å². The highest BCUT2D eigenvalue weighted by atomic mass is 16.5. The molecule has 0 unspecified atom stereocenters. The Morgan fingerprint density at radius 2 is 1.64 bits per heavy atom. The standard InChI is InChI=1S/C27H30N2O7/c1-32-17-6-8-21(34-3)20(15-17)24-23-25(30)19-7-5-18(33-2)16-22(19)36-26(23)27(31)29(24)10-4-9-28-11-13-35-14-12-28/h5-8,15-16,24H,4,9-14H2,1-3H3/t24-/m0/s1. The predicted molar refractivity (Wildman–Crippen MR) is 133 cm³/mol. The van der Waals surface area contributed by atoms with Crippen LogP contribution in [-0.2, 0) is 4.74 Å². The summed E-state index contributed by atoms with van der Waals surface area (Å²) >= 11 is 0. The van der Waals surface area contributed by atoms with Crippen LogP contribution in [0.1, 0.15) is 34.1 Å². The number of rotatable bonds is 8. The van der Waals surface area contributed by atoms with Gasteiger partial charge in [-0.2, -0.15) is 0 Å². The van der Waals surface area contributed by atoms with Gasteiger partial charge < -0.3 is 28.3 Å². The van der Waals surface area contributed by atoms with Crippen LogP contribution in [0.3, 0.4) is 0 Å². The van der Waals surface area contributed by atoms with Crippen LogP contribution in [0.5, 0.6) is 17.2 Å². The van der Waals surface area contributed by atoms with Gasteiger partial charge in [-0.25, -0.2) is 0 Å². The minimum absolute atomic E-state index is 0.0574. The Morgan fingerprint density at radius 1 is 0.917 bits per heavy atom. The summed E-state index contributed by atoms with van der Waals surface area (Å²) in [5.74, 6) is 1.46. The van der Waals surface area contributed by atoms with Gasteiger partial charge in [-0.3, -0.25) is 14.5 Å². The average molecular weight is 495 g/mol. The average Bonchev–Trinajstić information content (AvgIpc) is 3.20. The third kappa shape index (κ3) is 4.29. The summed E-state index contributed by atoms with van der Waals surface area (Å²) in [4.78, 5) is 31.6. The lowest BCUT2D eigenvalue weighted by Crippen LogP contribution is -2.39. The van der Waals surface area contributed by atoms with Crippen molar-refractivity contribution in [1.82, 2.24) is 9.80 Å². The molecule has 0 saturated carbocycles. The van der Waals surface area contributed by atoms with Crippen molar-refractivity contribution in [2.75, 3.05) is 60.7 Å². The molecule has 2 aliphatic heterocycles. The predicted octanol–water partition coefficient (Wildman–Crippen LogP) is 3.09. The highest BCUT2D eigenvalue weighted by Gasteiger charge is 2.43. The molecule has 190 valence electrons. The van der Waals surface area contributed by atoms with Gasteiger partial charge in [0.25, 0.3) is 5.91 Å². The number of ether oxygens (including phenoxy) is 4. The van der Waals surface area contributed by atoms with Crippen LogP contribution in [0, 0.1) is 0 Å². The summed E-state index contributed by atoms with van der Waals surface area (Å²) in [7, 11) is 4.69. The van der Waals surface area contributed by atoms with Crippen LogP contribution < -0.4 is 19.6 Å². The maximum Gasteiger partial charge on any atom is 0.290 e. The third-order valence-electron chi connectivity index (χ3n) is 6.88. The molecule has 9 heteroatoms. The van der Waals surface area contributed by atoms with Crippen LogP contribution in [0.4, 0.5) is 0 Å². The molecule has 3 heterocycles. The first kappa shape index (κ1) is 24.1. The Morgan fingerprint density at radius 3 is 2.36 bits per heavy atom. The summed E-state index contributed by atoms with van der Waals surface area (Å²) in [6, 6.07) is 9.75. The molecule has 2 aliphatic rings. The van der Waals surface area contributed by atoms with Crippen molar-refractivity contribution in [2.24, 2.45) is 0 Å². The zero-order chi connectivity index (χ0) is 25.2. The van der Waals surface area contributed by atoms with E-state index in [9.17, 15) is 9.59 Å². The summed E-state index contributed by atoms with van der Waals surface area (Å²) in [6.07, 6.45) is 0.740. The van der Waals surface area contributed by atoms with Crippen molar-refractivity contribution in [3.8, 4) is 17.2 Å². The number of amides is 1. The molecule has 0 bridgehead atoms. The highest BCUT2D eigenvalue weighted by molar-refractivity contribution is 5.99. The van der Waals surface area contributed by atoms with E-state index in [-0.39, 0.29) is 17.1 Å². The van der Waals surface area contributed by atoms with Gasteiger partial charge in [0, 0.05) is 37.8 Å². The Kier molecular flexibility index (Phi) is 6.84. The molecule has 5 rings (SSSR count). The van der Waals surface area contributed by atoms with E-state index in [1.165, 1.54) is 0 Å². The number of benzene rings is 2. The molecule has 0 aliphatic carbocycles. The molecular formula is C27H30N2O7. The Bertz CT molecular complexity index is 1330. The Hall–Kier alpha value is -3.56.